The molecule has 2 aliphatic rings. The molecule has 0 aromatic heterocycles. The Kier molecular flexibility index (Phi) is 1.55. The molecule has 2 aliphatic heterocycles. The van der Waals surface area contributed by atoms with Crippen LogP contribution in [0.3, 0.4) is 0 Å². The molecule has 0 radical (unpaired) electrons. The van der Waals surface area contributed by atoms with E-state index in [0.29, 0.717) is 0 Å². The van der Waals surface area contributed by atoms with Crippen molar-refractivity contribution in [3.8, 4) is 12.0 Å². The lowest BCUT2D eigenvalue weighted by atomic mass is 9.91. The van der Waals surface area contributed by atoms with Crippen LogP contribution in [0.1, 0.15) is 6.92 Å². The van der Waals surface area contributed by atoms with Gasteiger partial charge < -0.3 is 19.7 Å². The van der Waals surface area contributed by atoms with Gasteiger partial charge in [0, 0.05) is 0 Å². The smallest absolute Gasteiger partial charge is 0.186 e. The number of hydrogen-bond acceptors (Lipinski definition) is 4. The van der Waals surface area contributed by atoms with Gasteiger partial charge in [0.25, 0.3) is 0 Å². The summed E-state index contributed by atoms with van der Waals surface area (Å²) >= 11 is 0. The molecule has 0 bridgehead atoms. The summed E-state index contributed by atoms with van der Waals surface area (Å²) < 4.78 is 10.0. The van der Waals surface area contributed by atoms with Crippen LogP contribution in [0, 0.1) is 12.0 Å². The van der Waals surface area contributed by atoms with E-state index in [-0.39, 0.29) is 6.61 Å². The van der Waals surface area contributed by atoms with Crippen LogP contribution >= 0.6 is 0 Å². The fourth-order valence-electron chi connectivity index (χ4n) is 1.54. The number of aliphatic hydroxyl groups excluding tert-OH is 1. The second kappa shape index (κ2) is 2.36. The van der Waals surface area contributed by atoms with Crippen molar-refractivity contribution in [1.29, 1.82) is 0 Å². The zero-order valence-electron chi connectivity index (χ0n) is 6.65. The van der Waals surface area contributed by atoms with Crippen LogP contribution in [0.2, 0.25) is 0 Å². The molecular formula is C8H10O4. The van der Waals surface area contributed by atoms with Gasteiger partial charge in [-0.15, -0.1) is 0 Å². The Balaban J connectivity index is 2.33. The highest BCUT2D eigenvalue weighted by Gasteiger charge is 2.54. The first-order valence-electron chi connectivity index (χ1n) is 3.84. The number of hydrogen-bond donors (Lipinski definition) is 2. The van der Waals surface area contributed by atoms with Crippen LogP contribution in [0.25, 0.3) is 0 Å². The van der Waals surface area contributed by atoms with E-state index in [1.807, 2.05) is 0 Å². The molecule has 0 saturated carbocycles. The van der Waals surface area contributed by atoms with Crippen molar-refractivity contribution in [3.63, 3.8) is 0 Å². The predicted molar refractivity (Wildman–Crippen MR) is 39.0 cm³/mol. The summed E-state index contributed by atoms with van der Waals surface area (Å²) in [7, 11) is 0. The van der Waals surface area contributed by atoms with Crippen molar-refractivity contribution in [1.82, 2.24) is 0 Å². The molecule has 0 aromatic rings. The Bertz CT molecular complexity index is 254. The number of rotatable bonds is 0. The maximum Gasteiger partial charge on any atom is 0.186 e. The second-order valence-electron chi connectivity index (χ2n) is 3.14. The summed E-state index contributed by atoms with van der Waals surface area (Å²) in [4.78, 5) is 0. The molecule has 4 heteroatoms. The molecular weight excluding hydrogens is 160 g/mol. The second-order valence-corrected chi connectivity index (χ2v) is 3.14. The zero-order valence-corrected chi connectivity index (χ0v) is 6.65. The standard InChI is InChI=1S/C8H10O4/c1-5-7(9)8(10)2-3-11-4-6(8)12-5/h5-7,9-10H,4H2,1H3/t5-,6+,7-,8+/m0/s1. The Morgan fingerprint density at radius 1 is 1.58 bits per heavy atom. The van der Waals surface area contributed by atoms with E-state index >= 15 is 0 Å². The van der Waals surface area contributed by atoms with Crippen molar-refractivity contribution in [2.45, 2.75) is 30.8 Å². The minimum Gasteiger partial charge on any atom is -0.444 e. The highest BCUT2D eigenvalue weighted by Crippen LogP contribution is 2.32. The average molecular weight is 170 g/mol. The van der Waals surface area contributed by atoms with Gasteiger partial charge in [-0.25, -0.2) is 0 Å². The lowest BCUT2D eigenvalue weighted by Crippen LogP contribution is -2.49. The Morgan fingerprint density at radius 3 is 3.00 bits per heavy atom. The van der Waals surface area contributed by atoms with Gasteiger partial charge in [0.05, 0.1) is 6.10 Å². The SMILES string of the molecule is C[C@@H]1O[C@@H]2COC#C[C@]2(O)[C@H]1O. The molecule has 0 aromatic carbocycles. The predicted octanol–water partition coefficient (Wildman–Crippen LogP) is -1.14. The average Bonchev–Trinajstić information content (AvgIpc) is 2.28. The Hall–Kier alpha value is -0.760. The highest BCUT2D eigenvalue weighted by molar-refractivity contribution is 5.23. The van der Waals surface area contributed by atoms with E-state index in [1.54, 1.807) is 6.92 Å². The summed E-state index contributed by atoms with van der Waals surface area (Å²) in [5, 5.41) is 19.3. The van der Waals surface area contributed by atoms with Crippen LogP contribution in [-0.4, -0.2) is 40.7 Å². The van der Waals surface area contributed by atoms with E-state index < -0.39 is 23.9 Å². The van der Waals surface area contributed by atoms with Crippen LogP contribution in [0.4, 0.5) is 0 Å². The maximum atomic E-state index is 9.82. The fraction of sp³-hybridized carbons (Fsp3) is 0.750. The first kappa shape index (κ1) is 7.87. The molecule has 1 saturated heterocycles. The molecule has 2 heterocycles. The molecule has 4 nitrogen and oxygen atoms in total. The summed E-state index contributed by atoms with van der Waals surface area (Å²) in [5.41, 5.74) is -1.43. The van der Waals surface area contributed by atoms with E-state index in [1.165, 1.54) is 0 Å². The van der Waals surface area contributed by atoms with Crippen LogP contribution in [0.15, 0.2) is 0 Å². The molecule has 1 fully saturated rings. The van der Waals surface area contributed by atoms with Crippen molar-refractivity contribution < 1.29 is 19.7 Å². The largest absolute Gasteiger partial charge is 0.444 e. The van der Waals surface area contributed by atoms with E-state index in [4.69, 9.17) is 9.47 Å². The molecule has 4 atom stereocenters. The molecule has 0 amide bonds. The fourth-order valence-corrected chi connectivity index (χ4v) is 1.54. The van der Waals surface area contributed by atoms with Gasteiger partial charge in [-0.3, -0.25) is 0 Å². The van der Waals surface area contributed by atoms with Crippen molar-refractivity contribution in [3.05, 3.63) is 0 Å². The lowest BCUT2D eigenvalue weighted by Gasteiger charge is -2.26. The third kappa shape index (κ3) is 0.845. The quantitative estimate of drug-likeness (QED) is 0.451. The van der Waals surface area contributed by atoms with Gasteiger partial charge in [-0.05, 0) is 12.8 Å². The Morgan fingerprint density at radius 2 is 2.33 bits per heavy atom. The molecule has 66 valence electrons. The van der Waals surface area contributed by atoms with E-state index in [9.17, 15) is 10.2 Å². The minimum atomic E-state index is -1.43. The zero-order chi connectivity index (χ0) is 8.77. The molecule has 0 unspecified atom stereocenters. The summed E-state index contributed by atoms with van der Waals surface area (Å²) in [6.45, 7) is 1.91. The van der Waals surface area contributed by atoms with Gasteiger partial charge in [-0.2, -0.15) is 0 Å². The summed E-state index contributed by atoms with van der Waals surface area (Å²) in [6, 6.07) is 0. The maximum absolute atomic E-state index is 9.82. The van der Waals surface area contributed by atoms with Crippen LogP contribution in [0.5, 0.6) is 0 Å². The lowest BCUT2D eigenvalue weighted by molar-refractivity contribution is -0.0617. The van der Waals surface area contributed by atoms with E-state index in [0.717, 1.165) is 0 Å². The highest BCUT2D eigenvalue weighted by atomic mass is 16.6. The van der Waals surface area contributed by atoms with Crippen LogP contribution < -0.4 is 0 Å². The summed E-state index contributed by atoms with van der Waals surface area (Å²) in [5.74, 6) is 2.45. The topological polar surface area (TPSA) is 58.9 Å². The third-order valence-electron chi connectivity index (χ3n) is 2.32. The molecule has 0 spiro atoms. The monoisotopic (exact) mass is 170 g/mol. The first-order valence-corrected chi connectivity index (χ1v) is 3.84. The van der Waals surface area contributed by atoms with Gasteiger partial charge >= 0.3 is 0 Å². The van der Waals surface area contributed by atoms with Crippen molar-refractivity contribution in [2.75, 3.05) is 6.61 Å². The van der Waals surface area contributed by atoms with Gasteiger partial charge in [0.1, 0.15) is 24.9 Å². The molecule has 2 N–H and O–H groups in total. The third-order valence-corrected chi connectivity index (χ3v) is 2.32. The summed E-state index contributed by atoms with van der Waals surface area (Å²) in [6.07, 6.45) is 0.445. The van der Waals surface area contributed by atoms with Gasteiger partial charge in [-0.1, -0.05) is 0 Å². The molecule has 2 rings (SSSR count). The van der Waals surface area contributed by atoms with Crippen molar-refractivity contribution >= 4 is 0 Å². The number of fused-ring (bicyclic) bond motifs is 1. The van der Waals surface area contributed by atoms with Crippen LogP contribution in [-0.2, 0) is 9.47 Å². The van der Waals surface area contributed by atoms with Gasteiger partial charge in [0.15, 0.2) is 5.60 Å². The number of aliphatic hydroxyl groups is 2. The molecule has 0 aliphatic carbocycles. The van der Waals surface area contributed by atoms with Gasteiger partial charge in [0.2, 0.25) is 0 Å². The molecule has 12 heavy (non-hydrogen) atoms. The van der Waals surface area contributed by atoms with E-state index in [2.05, 4.69) is 12.0 Å². The van der Waals surface area contributed by atoms with Crippen molar-refractivity contribution in [2.24, 2.45) is 0 Å². The number of ether oxygens (including phenoxy) is 2. The normalized spacial score (nSPS) is 50.4. The minimum absolute atomic E-state index is 0.213. The Labute approximate surface area is 70.1 Å². The first-order chi connectivity index (χ1) is 5.64.